The Balaban J connectivity index is 3.16. The number of amidine groups is 2. The van der Waals surface area contributed by atoms with Gasteiger partial charge in [-0.05, 0) is 24.1 Å². The van der Waals surface area contributed by atoms with Gasteiger partial charge in [-0.25, -0.2) is 14.9 Å². The van der Waals surface area contributed by atoms with E-state index in [0.29, 0.717) is 29.5 Å². The molecule has 25 heavy (non-hydrogen) atoms. The number of nitrogens with two attached hydrogens (primary N) is 1. The van der Waals surface area contributed by atoms with Gasteiger partial charge < -0.3 is 10.6 Å². The number of halogens is 2. The van der Waals surface area contributed by atoms with Crippen molar-refractivity contribution in [1.82, 2.24) is 5.48 Å². The first-order valence-electron chi connectivity index (χ1n) is 7.62. The molecule has 0 aliphatic carbocycles. The fourth-order valence-corrected chi connectivity index (χ4v) is 2.05. The topological polar surface area (TPSA) is 84.4 Å². The van der Waals surface area contributed by atoms with Gasteiger partial charge in [-0.3, -0.25) is 9.98 Å². The molecule has 0 fully saturated rings. The van der Waals surface area contributed by atoms with Crippen LogP contribution in [0.2, 0.25) is 5.02 Å². The normalized spacial score (nSPS) is 13.2. The Labute approximate surface area is 152 Å². The van der Waals surface area contributed by atoms with E-state index in [1.165, 1.54) is 25.2 Å². The lowest BCUT2D eigenvalue weighted by Gasteiger charge is -2.15. The summed E-state index contributed by atoms with van der Waals surface area (Å²) < 4.78 is 13.3. The van der Waals surface area contributed by atoms with E-state index >= 15 is 0 Å². The smallest absolute Gasteiger partial charge is 0.189 e. The lowest BCUT2D eigenvalue weighted by molar-refractivity contribution is 0.147. The first-order valence-corrected chi connectivity index (χ1v) is 8.00. The predicted octanol–water partition coefficient (Wildman–Crippen LogP) is 3.65. The van der Waals surface area contributed by atoms with Crippen LogP contribution >= 0.6 is 11.6 Å². The molecule has 0 radical (unpaired) electrons. The standard InChI is InChI=1S/C17H23ClFN5O/c1-10(2)8-11(3)25-24-17(15(21-4)16(20)22-5)23-12-6-7-14(19)13(18)9-12/h6-7,9-10H,3,8H2,1-2,4-5H3,(H2,20,22)(H,23,24). The molecule has 0 atom stereocenters. The van der Waals surface area contributed by atoms with Gasteiger partial charge in [-0.1, -0.05) is 32.0 Å². The third-order valence-corrected chi connectivity index (χ3v) is 3.29. The maximum atomic E-state index is 13.3. The van der Waals surface area contributed by atoms with Crippen LogP contribution in [0.25, 0.3) is 0 Å². The van der Waals surface area contributed by atoms with E-state index in [1.807, 2.05) is 13.8 Å². The van der Waals surface area contributed by atoms with Crippen LogP contribution in [0.4, 0.5) is 10.1 Å². The van der Waals surface area contributed by atoms with Crippen LogP contribution < -0.4 is 11.2 Å². The van der Waals surface area contributed by atoms with Gasteiger partial charge in [0.25, 0.3) is 0 Å². The molecule has 0 aliphatic rings. The fourth-order valence-electron chi connectivity index (χ4n) is 1.87. The minimum absolute atomic E-state index is 0.0437. The van der Waals surface area contributed by atoms with Crippen molar-refractivity contribution < 1.29 is 9.23 Å². The molecule has 1 aromatic rings. The Kier molecular flexibility index (Phi) is 8.07. The number of nitrogens with zero attached hydrogens (tertiary/aromatic N) is 3. The summed E-state index contributed by atoms with van der Waals surface area (Å²) in [6.45, 7) is 7.93. The molecule has 0 saturated carbocycles. The van der Waals surface area contributed by atoms with Gasteiger partial charge in [0.05, 0.1) is 10.7 Å². The lowest BCUT2D eigenvalue weighted by Crippen LogP contribution is -2.39. The second-order valence-electron chi connectivity index (χ2n) is 5.58. The minimum Gasteiger partial charge on any atom is -0.386 e. The summed E-state index contributed by atoms with van der Waals surface area (Å²) >= 11 is 5.80. The summed E-state index contributed by atoms with van der Waals surface area (Å²) in [6.07, 6.45) is 0.665. The molecule has 3 N–H and O–H groups in total. The molecule has 136 valence electrons. The van der Waals surface area contributed by atoms with Crippen molar-refractivity contribution in [2.75, 3.05) is 14.1 Å². The average molecular weight is 368 g/mol. The molecule has 1 rings (SSSR count). The third kappa shape index (κ3) is 6.54. The van der Waals surface area contributed by atoms with E-state index in [-0.39, 0.29) is 16.7 Å². The predicted molar refractivity (Wildman–Crippen MR) is 102 cm³/mol. The van der Waals surface area contributed by atoms with Crippen LogP contribution in [0.15, 0.2) is 45.5 Å². The van der Waals surface area contributed by atoms with Crippen molar-refractivity contribution in [3.8, 4) is 0 Å². The van der Waals surface area contributed by atoms with Crippen LogP contribution in [-0.2, 0) is 4.84 Å². The van der Waals surface area contributed by atoms with Crippen LogP contribution in [0.1, 0.15) is 20.3 Å². The van der Waals surface area contributed by atoms with Gasteiger partial charge in [0.1, 0.15) is 23.1 Å². The number of nitrogens with one attached hydrogen (secondary N) is 1. The zero-order valence-electron chi connectivity index (χ0n) is 14.8. The highest BCUT2D eigenvalue weighted by Crippen LogP contribution is 2.21. The number of hydroxylamine groups is 1. The first kappa shape index (κ1) is 20.6. The number of hydrogen-bond acceptors (Lipinski definition) is 4. The van der Waals surface area contributed by atoms with Gasteiger partial charge in [-0.15, -0.1) is 0 Å². The zero-order valence-corrected chi connectivity index (χ0v) is 15.6. The van der Waals surface area contributed by atoms with E-state index < -0.39 is 5.82 Å². The summed E-state index contributed by atoms with van der Waals surface area (Å²) in [7, 11) is 3.08. The fraction of sp³-hybridized carbons (Fsp3) is 0.353. The molecule has 6 nitrogen and oxygen atoms in total. The Morgan fingerprint density at radius 1 is 1.36 bits per heavy atom. The van der Waals surface area contributed by atoms with Crippen molar-refractivity contribution in [3.63, 3.8) is 0 Å². The van der Waals surface area contributed by atoms with E-state index in [2.05, 4.69) is 27.0 Å². The molecule has 0 bridgehead atoms. The quantitative estimate of drug-likeness (QED) is 0.334. The average Bonchev–Trinajstić information content (AvgIpc) is 2.55. The maximum Gasteiger partial charge on any atom is 0.189 e. The molecule has 0 aliphatic heterocycles. The van der Waals surface area contributed by atoms with Gasteiger partial charge in [-0.2, -0.15) is 0 Å². The van der Waals surface area contributed by atoms with Crippen molar-refractivity contribution in [2.45, 2.75) is 20.3 Å². The van der Waals surface area contributed by atoms with E-state index in [9.17, 15) is 4.39 Å². The molecule has 0 amide bonds. The lowest BCUT2D eigenvalue weighted by atomic mass is 10.1. The summed E-state index contributed by atoms with van der Waals surface area (Å²) in [5.41, 5.74) is 9.25. The van der Waals surface area contributed by atoms with Gasteiger partial charge >= 0.3 is 0 Å². The maximum absolute atomic E-state index is 13.3. The van der Waals surface area contributed by atoms with Crippen molar-refractivity contribution in [3.05, 3.63) is 41.4 Å². The van der Waals surface area contributed by atoms with Crippen LogP contribution in [0, 0.1) is 11.7 Å². The number of rotatable bonds is 7. The molecule has 0 aromatic heterocycles. The molecule has 1 aromatic carbocycles. The van der Waals surface area contributed by atoms with E-state index in [1.54, 1.807) is 7.05 Å². The number of allylic oxidation sites excluding steroid dienone is 1. The highest BCUT2D eigenvalue weighted by atomic mass is 35.5. The van der Waals surface area contributed by atoms with Crippen LogP contribution in [0.5, 0.6) is 0 Å². The zero-order chi connectivity index (χ0) is 19.0. The second kappa shape index (κ2) is 9.78. The van der Waals surface area contributed by atoms with E-state index in [4.69, 9.17) is 22.2 Å². The van der Waals surface area contributed by atoms with Crippen molar-refractivity contribution in [2.24, 2.45) is 26.6 Å². The Bertz CT molecular complexity index is 713. The van der Waals surface area contributed by atoms with Crippen LogP contribution in [0.3, 0.4) is 0 Å². The van der Waals surface area contributed by atoms with Crippen LogP contribution in [-0.4, -0.2) is 31.5 Å². The minimum atomic E-state index is -0.532. The molecular weight excluding hydrogens is 345 g/mol. The number of hydrogen-bond donors (Lipinski definition) is 2. The largest absolute Gasteiger partial charge is 0.386 e. The summed E-state index contributed by atoms with van der Waals surface area (Å²) in [5.74, 6) is 0.753. The monoisotopic (exact) mass is 367 g/mol. The molecule has 0 unspecified atom stereocenters. The SMILES string of the molecule is C=C(CC(C)C)ONC(=Nc1ccc(F)c(Cl)c1)C(=NC)C(N)=NC. The molecule has 8 heteroatoms. The van der Waals surface area contributed by atoms with Crippen molar-refractivity contribution >= 4 is 34.7 Å². The number of benzene rings is 1. The third-order valence-electron chi connectivity index (χ3n) is 3.00. The van der Waals surface area contributed by atoms with Gasteiger partial charge in [0.2, 0.25) is 0 Å². The Morgan fingerprint density at radius 3 is 2.56 bits per heavy atom. The molecule has 0 saturated heterocycles. The molecular formula is C17H23ClFN5O. The highest BCUT2D eigenvalue weighted by molar-refractivity contribution is 6.67. The highest BCUT2D eigenvalue weighted by Gasteiger charge is 2.15. The first-order chi connectivity index (χ1) is 11.8. The summed E-state index contributed by atoms with van der Waals surface area (Å²) in [6, 6.07) is 4.07. The van der Waals surface area contributed by atoms with Crippen molar-refractivity contribution in [1.29, 1.82) is 0 Å². The number of aliphatic imine (C=N–C) groups is 3. The Morgan fingerprint density at radius 2 is 2.04 bits per heavy atom. The summed E-state index contributed by atoms with van der Waals surface area (Å²) in [4.78, 5) is 17.8. The second-order valence-corrected chi connectivity index (χ2v) is 5.99. The molecule has 0 heterocycles. The van der Waals surface area contributed by atoms with Gasteiger partial charge in [0, 0.05) is 20.5 Å². The Hall–Kier alpha value is -2.41. The molecule has 0 spiro atoms. The summed E-state index contributed by atoms with van der Waals surface area (Å²) in [5, 5.41) is -0.0437. The van der Waals surface area contributed by atoms with Gasteiger partial charge in [0.15, 0.2) is 5.84 Å². The van der Waals surface area contributed by atoms with E-state index in [0.717, 1.165) is 0 Å².